The molecule has 1 saturated heterocycles. The number of hydrogen-bond donors (Lipinski definition) is 2. The van der Waals surface area contributed by atoms with Gasteiger partial charge in [-0.3, -0.25) is 4.79 Å². The first-order valence-corrected chi connectivity index (χ1v) is 6.15. The van der Waals surface area contributed by atoms with Crippen LogP contribution in [0, 0.1) is 0 Å². The van der Waals surface area contributed by atoms with Gasteiger partial charge in [0.05, 0.1) is 0 Å². The first kappa shape index (κ1) is 11.6. The lowest BCUT2D eigenvalue weighted by Gasteiger charge is -2.24. The number of benzene rings is 1. The molecule has 1 aliphatic rings. The van der Waals surface area contributed by atoms with Gasteiger partial charge in [-0.1, -0.05) is 28.1 Å². The van der Waals surface area contributed by atoms with Gasteiger partial charge in [0.2, 0.25) is 0 Å². The fraction of sp³-hybridized carbons (Fsp3) is 0.417. The average molecular weight is 284 g/mol. The second-order valence-corrected chi connectivity index (χ2v) is 5.14. The number of hydrogen-bond acceptors (Lipinski definition) is 2. The maximum absolute atomic E-state index is 11.3. The average Bonchev–Trinajstić information content (AvgIpc) is 2.71. The van der Waals surface area contributed by atoms with Crippen molar-refractivity contribution in [3.05, 3.63) is 34.3 Å². The minimum absolute atomic E-state index is 0.551. The zero-order valence-electron chi connectivity index (χ0n) is 8.87. The molecular weight excluding hydrogens is 270 g/mol. The van der Waals surface area contributed by atoms with Gasteiger partial charge < -0.3 is 10.4 Å². The summed E-state index contributed by atoms with van der Waals surface area (Å²) in [7, 11) is 0. The van der Waals surface area contributed by atoms with Crippen LogP contribution in [0.1, 0.15) is 18.4 Å². The lowest BCUT2D eigenvalue weighted by Crippen LogP contribution is -2.49. The molecule has 0 aliphatic carbocycles. The van der Waals surface area contributed by atoms with Crippen molar-refractivity contribution >= 4 is 21.9 Å². The number of carbonyl (C=O) groups is 1. The van der Waals surface area contributed by atoms with Crippen LogP contribution in [0.4, 0.5) is 0 Å². The molecule has 2 N–H and O–H groups in total. The molecule has 0 unspecified atom stereocenters. The van der Waals surface area contributed by atoms with Crippen molar-refractivity contribution in [3.8, 4) is 0 Å². The molecule has 1 aromatic carbocycles. The van der Waals surface area contributed by atoms with Gasteiger partial charge in [0.1, 0.15) is 5.54 Å². The number of carboxylic acid groups (broad SMARTS) is 1. The fourth-order valence-electron chi connectivity index (χ4n) is 2.17. The summed E-state index contributed by atoms with van der Waals surface area (Å²) in [5.41, 5.74) is 0.299. The molecule has 0 bridgehead atoms. The van der Waals surface area contributed by atoms with Crippen LogP contribution in [-0.2, 0) is 11.2 Å². The summed E-state index contributed by atoms with van der Waals surface area (Å²) < 4.78 is 1.01. The van der Waals surface area contributed by atoms with Gasteiger partial charge in [-0.2, -0.15) is 0 Å². The molecule has 0 aromatic heterocycles. The molecule has 1 aliphatic heterocycles. The smallest absolute Gasteiger partial charge is 0.324 e. The molecule has 3 nitrogen and oxygen atoms in total. The van der Waals surface area contributed by atoms with Crippen LogP contribution in [0.5, 0.6) is 0 Å². The van der Waals surface area contributed by atoms with E-state index in [0.717, 1.165) is 23.0 Å². The molecule has 2 rings (SSSR count). The van der Waals surface area contributed by atoms with Gasteiger partial charge >= 0.3 is 5.97 Å². The highest BCUT2D eigenvalue weighted by molar-refractivity contribution is 9.10. The molecule has 1 heterocycles. The summed E-state index contributed by atoms with van der Waals surface area (Å²) in [6, 6.07) is 7.82. The van der Waals surface area contributed by atoms with Crippen LogP contribution in [0.15, 0.2) is 28.7 Å². The molecule has 1 fully saturated rings. The Morgan fingerprint density at radius 3 is 2.62 bits per heavy atom. The first-order chi connectivity index (χ1) is 7.62. The van der Waals surface area contributed by atoms with Crippen LogP contribution in [0.2, 0.25) is 0 Å². The summed E-state index contributed by atoms with van der Waals surface area (Å²) in [4.78, 5) is 11.3. The number of aliphatic carboxylic acids is 1. The number of halogens is 1. The standard InChI is InChI=1S/C12H14BrNO2/c13-10-4-2-9(3-5-10)8-12(11(15)16)6-1-7-14-12/h2-5,14H,1,6-8H2,(H,15,16)/t12-/m1/s1. The highest BCUT2D eigenvalue weighted by atomic mass is 79.9. The third-order valence-corrected chi connectivity index (χ3v) is 3.60. The van der Waals surface area contributed by atoms with E-state index in [4.69, 9.17) is 0 Å². The van der Waals surface area contributed by atoms with E-state index in [2.05, 4.69) is 21.2 Å². The van der Waals surface area contributed by atoms with Crippen molar-refractivity contribution in [2.45, 2.75) is 24.8 Å². The Morgan fingerprint density at radius 2 is 2.12 bits per heavy atom. The van der Waals surface area contributed by atoms with Crippen molar-refractivity contribution in [1.29, 1.82) is 0 Å². The van der Waals surface area contributed by atoms with Crippen molar-refractivity contribution in [1.82, 2.24) is 5.32 Å². The molecule has 4 heteroatoms. The van der Waals surface area contributed by atoms with E-state index in [9.17, 15) is 9.90 Å². The molecule has 0 radical (unpaired) electrons. The summed E-state index contributed by atoms with van der Waals surface area (Å²) in [5, 5.41) is 12.4. The van der Waals surface area contributed by atoms with Gasteiger partial charge in [-0.05, 0) is 37.1 Å². The fourth-order valence-corrected chi connectivity index (χ4v) is 2.43. The van der Waals surface area contributed by atoms with Crippen molar-refractivity contribution in [3.63, 3.8) is 0 Å². The van der Waals surface area contributed by atoms with Gasteiger partial charge in [0, 0.05) is 10.9 Å². The van der Waals surface area contributed by atoms with Gasteiger partial charge in [0.15, 0.2) is 0 Å². The summed E-state index contributed by atoms with van der Waals surface area (Å²) in [6.07, 6.45) is 2.19. The molecule has 1 aromatic rings. The van der Waals surface area contributed by atoms with Crippen LogP contribution in [0.25, 0.3) is 0 Å². The van der Waals surface area contributed by atoms with E-state index in [1.807, 2.05) is 24.3 Å². The first-order valence-electron chi connectivity index (χ1n) is 5.35. The van der Waals surface area contributed by atoms with Crippen LogP contribution < -0.4 is 5.32 Å². The second-order valence-electron chi connectivity index (χ2n) is 4.22. The maximum atomic E-state index is 11.3. The molecule has 0 amide bonds. The third-order valence-electron chi connectivity index (χ3n) is 3.07. The predicted octanol–water partition coefficient (Wildman–Crippen LogP) is 2.20. The Labute approximate surface area is 103 Å². The van der Waals surface area contributed by atoms with E-state index in [0.29, 0.717) is 12.8 Å². The van der Waals surface area contributed by atoms with E-state index in [-0.39, 0.29) is 0 Å². The van der Waals surface area contributed by atoms with Crippen LogP contribution >= 0.6 is 15.9 Å². The summed E-state index contributed by atoms with van der Waals surface area (Å²) >= 11 is 3.37. The van der Waals surface area contributed by atoms with Crippen LogP contribution in [-0.4, -0.2) is 23.2 Å². The van der Waals surface area contributed by atoms with Crippen molar-refractivity contribution < 1.29 is 9.90 Å². The van der Waals surface area contributed by atoms with E-state index >= 15 is 0 Å². The van der Waals surface area contributed by atoms with Gasteiger partial charge in [-0.25, -0.2) is 0 Å². The normalized spacial score (nSPS) is 24.6. The zero-order chi connectivity index (χ0) is 11.6. The molecule has 16 heavy (non-hydrogen) atoms. The van der Waals surface area contributed by atoms with Crippen molar-refractivity contribution in [2.75, 3.05) is 6.54 Å². The predicted molar refractivity (Wildman–Crippen MR) is 65.4 cm³/mol. The minimum Gasteiger partial charge on any atom is -0.480 e. The second kappa shape index (κ2) is 4.55. The number of carboxylic acids is 1. The zero-order valence-corrected chi connectivity index (χ0v) is 10.5. The largest absolute Gasteiger partial charge is 0.480 e. The summed E-state index contributed by atoms with van der Waals surface area (Å²) in [6.45, 7) is 0.794. The highest BCUT2D eigenvalue weighted by Crippen LogP contribution is 2.25. The molecule has 0 saturated carbocycles. The lowest BCUT2D eigenvalue weighted by atomic mass is 9.89. The molecule has 1 atom stereocenters. The Kier molecular flexibility index (Phi) is 3.30. The maximum Gasteiger partial charge on any atom is 0.324 e. The van der Waals surface area contributed by atoms with Gasteiger partial charge in [-0.15, -0.1) is 0 Å². The monoisotopic (exact) mass is 283 g/mol. The van der Waals surface area contributed by atoms with Crippen LogP contribution in [0.3, 0.4) is 0 Å². The Balaban J connectivity index is 2.18. The van der Waals surface area contributed by atoms with Gasteiger partial charge in [0.25, 0.3) is 0 Å². The topological polar surface area (TPSA) is 49.3 Å². The quantitative estimate of drug-likeness (QED) is 0.894. The number of nitrogens with one attached hydrogen (secondary N) is 1. The van der Waals surface area contributed by atoms with E-state index in [1.54, 1.807) is 0 Å². The Bertz CT molecular complexity index is 383. The lowest BCUT2D eigenvalue weighted by molar-refractivity contribution is -0.144. The third kappa shape index (κ3) is 2.28. The molecule has 0 spiro atoms. The van der Waals surface area contributed by atoms with E-state index in [1.165, 1.54) is 0 Å². The van der Waals surface area contributed by atoms with E-state index < -0.39 is 11.5 Å². The minimum atomic E-state index is -0.756. The Hall–Kier alpha value is -0.870. The Morgan fingerprint density at radius 1 is 1.44 bits per heavy atom. The number of rotatable bonds is 3. The van der Waals surface area contributed by atoms with Crippen molar-refractivity contribution in [2.24, 2.45) is 0 Å². The highest BCUT2D eigenvalue weighted by Gasteiger charge is 2.40. The molecular formula is C12H14BrNO2. The summed E-state index contributed by atoms with van der Waals surface area (Å²) in [5.74, 6) is -0.743. The molecule has 86 valence electrons. The SMILES string of the molecule is O=C(O)[C@]1(Cc2ccc(Br)cc2)CCCN1.